The Hall–Kier alpha value is -1.55. The van der Waals surface area contributed by atoms with E-state index in [4.69, 9.17) is 23.2 Å². The molecule has 0 aliphatic carbocycles. The van der Waals surface area contributed by atoms with E-state index in [1.807, 2.05) is 49.1 Å². The fourth-order valence-corrected chi connectivity index (χ4v) is 3.72. The van der Waals surface area contributed by atoms with Crippen LogP contribution in [-0.4, -0.2) is 42.4 Å². The second-order valence-corrected chi connectivity index (χ2v) is 7.61. The van der Waals surface area contributed by atoms with Crippen LogP contribution in [0.2, 0.25) is 10.0 Å². The highest BCUT2D eigenvalue weighted by atomic mass is 35.5. The van der Waals surface area contributed by atoms with E-state index in [1.165, 1.54) is 0 Å². The molecule has 1 atom stereocenters. The van der Waals surface area contributed by atoms with E-state index >= 15 is 0 Å². The summed E-state index contributed by atoms with van der Waals surface area (Å²) in [7, 11) is 2.08. The van der Waals surface area contributed by atoms with Gasteiger partial charge >= 0.3 is 0 Å². The molecule has 0 N–H and O–H groups in total. The molecule has 1 fully saturated rings. The van der Waals surface area contributed by atoms with Crippen molar-refractivity contribution in [2.24, 2.45) is 0 Å². The molecule has 132 valence electrons. The number of carbonyl (C=O) groups excluding carboxylic acids is 1. The van der Waals surface area contributed by atoms with Crippen LogP contribution in [0.1, 0.15) is 33.1 Å². The topological polar surface area (TPSA) is 23.6 Å². The van der Waals surface area contributed by atoms with Gasteiger partial charge in [-0.15, -0.1) is 0 Å². The molecular weight excluding hydrogens is 355 g/mol. The molecule has 2 aromatic carbocycles. The zero-order chi connectivity index (χ0) is 18.1. The van der Waals surface area contributed by atoms with Crippen molar-refractivity contribution in [2.45, 2.75) is 19.9 Å². The molecule has 3 nitrogen and oxygen atoms in total. The maximum atomic E-state index is 13.0. The number of carbonyl (C=O) groups is 1. The van der Waals surface area contributed by atoms with Crippen LogP contribution < -0.4 is 0 Å². The van der Waals surface area contributed by atoms with E-state index in [2.05, 4.69) is 18.0 Å². The van der Waals surface area contributed by atoms with Crippen LogP contribution in [0.15, 0.2) is 36.4 Å². The van der Waals surface area contributed by atoms with Gasteiger partial charge < -0.3 is 4.90 Å². The van der Waals surface area contributed by atoms with Gasteiger partial charge in [0.05, 0.1) is 16.1 Å². The van der Waals surface area contributed by atoms with E-state index < -0.39 is 0 Å². The van der Waals surface area contributed by atoms with Gasteiger partial charge in [0.15, 0.2) is 0 Å². The highest BCUT2D eigenvalue weighted by molar-refractivity contribution is 6.42. The number of nitrogens with zero attached hydrogens (tertiary/aromatic N) is 2. The van der Waals surface area contributed by atoms with E-state index in [0.717, 1.165) is 35.3 Å². The fourth-order valence-electron chi connectivity index (χ4n) is 3.42. The van der Waals surface area contributed by atoms with Crippen molar-refractivity contribution in [3.63, 3.8) is 0 Å². The van der Waals surface area contributed by atoms with Crippen LogP contribution in [0.3, 0.4) is 0 Å². The summed E-state index contributed by atoms with van der Waals surface area (Å²) in [4.78, 5) is 17.2. The van der Waals surface area contributed by atoms with E-state index in [1.54, 1.807) is 0 Å². The third kappa shape index (κ3) is 4.00. The lowest BCUT2D eigenvalue weighted by Crippen LogP contribution is -2.49. The van der Waals surface area contributed by atoms with Crippen LogP contribution in [0, 0.1) is 13.8 Å². The average molecular weight is 377 g/mol. The number of piperazine rings is 1. The van der Waals surface area contributed by atoms with Gasteiger partial charge in [-0.25, -0.2) is 0 Å². The lowest BCUT2D eigenvalue weighted by molar-refractivity contribution is 0.0546. The number of aryl methyl sites for hydroxylation is 2. The molecule has 1 heterocycles. The number of hydrogen-bond acceptors (Lipinski definition) is 2. The molecule has 1 aliphatic heterocycles. The molecule has 1 saturated heterocycles. The van der Waals surface area contributed by atoms with Gasteiger partial charge in [-0.3, -0.25) is 9.69 Å². The van der Waals surface area contributed by atoms with E-state index in [9.17, 15) is 4.79 Å². The Labute approximate surface area is 159 Å². The Bertz CT molecular complexity index is 786. The molecule has 1 unspecified atom stereocenters. The molecule has 0 saturated carbocycles. The third-order valence-electron chi connectivity index (χ3n) is 4.73. The van der Waals surface area contributed by atoms with Crippen LogP contribution in [0.5, 0.6) is 0 Å². The van der Waals surface area contributed by atoms with Crippen LogP contribution >= 0.6 is 23.2 Å². The first-order chi connectivity index (χ1) is 11.8. The van der Waals surface area contributed by atoms with E-state index in [0.29, 0.717) is 16.6 Å². The third-order valence-corrected chi connectivity index (χ3v) is 5.47. The molecular formula is C20H22Cl2N2O. The van der Waals surface area contributed by atoms with Gasteiger partial charge in [-0.2, -0.15) is 0 Å². The van der Waals surface area contributed by atoms with Crippen molar-refractivity contribution in [3.8, 4) is 0 Å². The van der Waals surface area contributed by atoms with Gasteiger partial charge in [0.25, 0.3) is 5.91 Å². The smallest absolute Gasteiger partial charge is 0.253 e. The van der Waals surface area contributed by atoms with Crippen LogP contribution in [0.4, 0.5) is 0 Å². The SMILES string of the molecule is Cc1cc(C)cc(C(=O)N2CCN(C)C(c3ccc(Cl)c(Cl)c3)C2)c1. The van der Waals surface area contributed by atoms with Crippen molar-refractivity contribution >= 4 is 29.1 Å². The molecule has 0 aromatic heterocycles. The number of benzene rings is 2. The number of rotatable bonds is 2. The minimum absolute atomic E-state index is 0.0879. The summed E-state index contributed by atoms with van der Waals surface area (Å²) in [5.74, 6) is 0.0879. The minimum Gasteiger partial charge on any atom is -0.335 e. The molecule has 3 rings (SSSR count). The summed E-state index contributed by atoms with van der Waals surface area (Å²) in [6, 6.07) is 11.8. The molecule has 2 aromatic rings. The Morgan fingerprint density at radius 3 is 2.32 bits per heavy atom. The molecule has 0 spiro atoms. The number of hydrogen-bond donors (Lipinski definition) is 0. The van der Waals surface area contributed by atoms with Crippen molar-refractivity contribution in [1.29, 1.82) is 0 Å². The quantitative estimate of drug-likeness (QED) is 0.755. The number of amides is 1. The minimum atomic E-state index is 0.0879. The molecule has 1 aliphatic rings. The molecule has 1 amide bonds. The zero-order valence-corrected chi connectivity index (χ0v) is 16.2. The Kier molecular flexibility index (Phi) is 5.38. The number of halogens is 2. The maximum absolute atomic E-state index is 13.0. The second kappa shape index (κ2) is 7.36. The predicted molar refractivity (Wildman–Crippen MR) is 104 cm³/mol. The first-order valence-corrected chi connectivity index (χ1v) is 9.13. The Morgan fingerprint density at radius 1 is 1.00 bits per heavy atom. The van der Waals surface area contributed by atoms with Crippen molar-refractivity contribution in [3.05, 3.63) is 68.7 Å². The highest BCUT2D eigenvalue weighted by Gasteiger charge is 2.29. The summed E-state index contributed by atoms with van der Waals surface area (Å²) in [6.07, 6.45) is 0. The largest absolute Gasteiger partial charge is 0.335 e. The van der Waals surface area contributed by atoms with Crippen molar-refractivity contribution in [2.75, 3.05) is 26.7 Å². The molecule has 5 heteroatoms. The summed E-state index contributed by atoms with van der Waals surface area (Å²) in [5.41, 5.74) is 4.06. The lowest BCUT2D eigenvalue weighted by atomic mass is 10.0. The fraction of sp³-hybridized carbons (Fsp3) is 0.350. The Balaban J connectivity index is 1.84. The summed E-state index contributed by atoms with van der Waals surface area (Å²) < 4.78 is 0. The van der Waals surface area contributed by atoms with E-state index in [-0.39, 0.29) is 11.9 Å². The molecule has 25 heavy (non-hydrogen) atoms. The second-order valence-electron chi connectivity index (χ2n) is 6.80. The van der Waals surface area contributed by atoms with Gasteiger partial charge in [-0.05, 0) is 50.7 Å². The van der Waals surface area contributed by atoms with Crippen molar-refractivity contribution in [1.82, 2.24) is 9.80 Å². The average Bonchev–Trinajstić information content (AvgIpc) is 2.56. The van der Waals surface area contributed by atoms with Crippen LogP contribution in [-0.2, 0) is 0 Å². The highest BCUT2D eigenvalue weighted by Crippen LogP contribution is 2.30. The standard InChI is InChI=1S/C20H22Cl2N2O/c1-13-8-14(2)10-16(9-13)20(25)24-7-6-23(3)19(12-24)15-4-5-17(21)18(22)11-15/h4-5,8-11,19H,6-7,12H2,1-3H3. The van der Waals surface area contributed by atoms with Gasteiger partial charge in [0.2, 0.25) is 0 Å². The zero-order valence-electron chi connectivity index (χ0n) is 14.7. The monoisotopic (exact) mass is 376 g/mol. The first kappa shape index (κ1) is 18.2. The lowest BCUT2D eigenvalue weighted by Gasteiger charge is -2.40. The van der Waals surface area contributed by atoms with Gasteiger partial charge in [0, 0.05) is 25.2 Å². The van der Waals surface area contributed by atoms with Gasteiger partial charge in [-0.1, -0.05) is 46.5 Å². The maximum Gasteiger partial charge on any atom is 0.253 e. The summed E-state index contributed by atoms with van der Waals surface area (Å²) in [5, 5.41) is 1.09. The van der Waals surface area contributed by atoms with Crippen LogP contribution in [0.25, 0.3) is 0 Å². The molecule has 0 bridgehead atoms. The Morgan fingerprint density at radius 2 is 1.68 bits per heavy atom. The van der Waals surface area contributed by atoms with Gasteiger partial charge in [0.1, 0.15) is 0 Å². The molecule has 0 radical (unpaired) electrons. The number of likely N-dealkylation sites (N-methyl/N-ethyl adjacent to an activating group) is 1. The first-order valence-electron chi connectivity index (χ1n) is 8.38. The predicted octanol–water partition coefficient (Wildman–Crippen LogP) is 4.74. The normalized spacial score (nSPS) is 18.4. The summed E-state index contributed by atoms with van der Waals surface area (Å²) in [6.45, 7) is 6.22. The summed E-state index contributed by atoms with van der Waals surface area (Å²) >= 11 is 12.2. The van der Waals surface area contributed by atoms with Crippen molar-refractivity contribution < 1.29 is 4.79 Å².